The van der Waals surface area contributed by atoms with Gasteiger partial charge >= 0.3 is 0 Å². The molecule has 1 heterocycles. The zero-order valence-corrected chi connectivity index (χ0v) is 8.75. The first-order valence-corrected chi connectivity index (χ1v) is 4.73. The van der Waals surface area contributed by atoms with Gasteiger partial charge in [-0.15, -0.1) is 0 Å². The van der Waals surface area contributed by atoms with Crippen LogP contribution in [0, 0.1) is 17.5 Å². The summed E-state index contributed by atoms with van der Waals surface area (Å²) < 4.78 is 43.8. The number of hydrogen-bond donors (Lipinski definition) is 1. The fraction of sp³-hybridized carbons (Fsp3) is 0.200. The minimum atomic E-state index is -1.58. The molecule has 0 aliphatic heterocycles. The maximum Gasteiger partial charge on any atom is 0.261 e. The van der Waals surface area contributed by atoms with Crippen LogP contribution in [0.2, 0.25) is 0 Å². The second-order valence-electron chi connectivity index (χ2n) is 3.47. The van der Waals surface area contributed by atoms with Crippen LogP contribution in [0.1, 0.15) is 18.8 Å². The number of nitrogens with two attached hydrogens (primary N) is 1. The summed E-state index contributed by atoms with van der Waals surface area (Å²) in [6.45, 7) is 1.61. The van der Waals surface area contributed by atoms with E-state index in [0.717, 1.165) is 12.1 Å². The first-order valence-electron chi connectivity index (χ1n) is 4.73. The highest BCUT2D eigenvalue weighted by atomic mass is 19.2. The average molecular weight is 243 g/mol. The molecule has 2 rings (SSSR count). The molecule has 0 saturated heterocycles. The van der Waals surface area contributed by atoms with E-state index in [9.17, 15) is 13.2 Å². The van der Waals surface area contributed by atoms with E-state index < -0.39 is 23.5 Å². The molecule has 0 spiro atoms. The highest BCUT2D eigenvalue weighted by Crippen LogP contribution is 2.25. The highest BCUT2D eigenvalue weighted by Gasteiger charge is 2.20. The molecule has 0 fully saturated rings. The van der Waals surface area contributed by atoms with Crippen LogP contribution >= 0.6 is 0 Å². The predicted octanol–water partition coefficient (Wildman–Crippen LogP) is 2.17. The minimum absolute atomic E-state index is 0.157. The third-order valence-electron chi connectivity index (χ3n) is 2.11. The average Bonchev–Trinajstić information content (AvgIpc) is 2.75. The molecule has 1 aromatic carbocycles. The van der Waals surface area contributed by atoms with Gasteiger partial charge in [0.2, 0.25) is 0 Å². The Bertz CT molecular complexity index is 554. The maximum atomic E-state index is 13.4. The quantitative estimate of drug-likeness (QED) is 0.821. The van der Waals surface area contributed by atoms with Crippen LogP contribution < -0.4 is 5.73 Å². The Hall–Kier alpha value is -1.89. The molecule has 0 amide bonds. The van der Waals surface area contributed by atoms with Gasteiger partial charge in [-0.25, -0.2) is 13.2 Å². The number of aromatic nitrogens is 2. The molecule has 17 heavy (non-hydrogen) atoms. The normalized spacial score (nSPS) is 12.8. The lowest BCUT2D eigenvalue weighted by atomic mass is 10.2. The summed E-state index contributed by atoms with van der Waals surface area (Å²) >= 11 is 0. The van der Waals surface area contributed by atoms with Crippen LogP contribution in [0.25, 0.3) is 11.5 Å². The lowest BCUT2D eigenvalue weighted by Crippen LogP contribution is -2.06. The van der Waals surface area contributed by atoms with Crippen LogP contribution in [0.4, 0.5) is 13.2 Å². The molecule has 0 saturated carbocycles. The summed E-state index contributed by atoms with van der Waals surface area (Å²) in [4.78, 5) is 3.78. The predicted molar refractivity (Wildman–Crippen MR) is 52.2 cm³/mol. The summed E-state index contributed by atoms with van der Waals surface area (Å²) in [5.41, 5.74) is 5.18. The van der Waals surface area contributed by atoms with E-state index in [1.807, 2.05) is 0 Å². The lowest BCUT2D eigenvalue weighted by molar-refractivity contribution is 0.410. The summed E-state index contributed by atoms with van der Waals surface area (Å²) in [5, 5.41) is 3.49. The van der Waals surface area contributed by atoms with Crippen LogP contribution in [0.15, 0.2) is 16.7 Å². The summed E-state index contributed by atoms with van der Waals surface area (Å²) in [6.07, 6.45) is 0. The van der Waals surface area contributed by atoms with Crippen molar-refractivity contribution >= 4 is 0 Å². The molecule has 1 unspecified atom stereocenters. The van der Waals surface area contributed by atoms with Gasteiger partial charge in [-0.3, -0.25) is 0 Å². The first-order chi connectivity index (χ1) is 8.00. The molecule has 0 bridgehead atoms. The smallest absolute Gasteiger partial charge is 0.261 e. The zero-order chi connectivity index (χ0) is 12.6. The minimum Gasteiger partial charge on any atom is -0.334 e. The van der Waals surface area contributed by atoms with Crippen molar-refractivity contribution in [1.29, 1.82) is 0 Å². The standard InChI is InChI=1S/C10H8F3N3O/c1-4(14)9-15-10(17-16-9)5-2-3-6(11)8(13)7(5)12/h2-4H,14H2,1H3. The summed E-state index contributed by atoms with van der Waals surface area (Å²) in [6, 6.07) is 1.30. The monoisotopic (exact) mass is 243 g/mol. The fourth-order valence-corrected chi connectivity index (χ4v) is 1.22. The topological polar surface area (TPSA) is 64.9 Å². The number of hydrogen-bond acceptors (Lipinski definition) is 4. The van der Waals surface area contributed by atoms with Gasteiger partial charge in [0.1, 0.15) is 0 Å². The van der Waals surface area contributed by atoms with Gasteiger partial charge in [0.15, 0.2) is 23.3 Å². The van der Waals surface area contributed by atoms with Crippen molar-refractivity contribution in [2.45, 2.75) is 13.0 Å². The largest absolute Gasteiger partial charge is 0.334 e. The Morgan fingerprint density at radius 2 is 1.94 bits per heavy atom. The van der Waals surface area contributed by atoms with E-state index in [2.05, 4.69) is 10.1 Å². The van der Waals surface area contributed by atoms with Gasteiger partial charge in [0.05, 0.1) is 11.6 Å². The van der Waals surface area contributed by atoms with Crippen molar-refractivity contribution in [3.8, 4) is 11.5 Å². The second-order valence-corrected chi connectivity index (χ2v) is 3.47. The SMILES string of the molecule is CC(N)c1noc(-c2ccc(F)c(F)c2F)n1. The van der Waals surface area contributed by atoms with Crippen molar-refractivity contribution in [3.63, 3.8) is 0 Å². The highest BCUT2D eigenvalue weighted by molar-refractivity contribution is 5.54. The number of halogens is 3. The van der Waals surface area contributed by atoms with Crippen molar-refractivity contribution < 1.29 is 17.7 Å². The molecule has 0 radical (unpaired) electrons. The Kier molecular flexibility index (Phi) is 2.84. The first kappa shape index (κ1) is 11.6. The van der Waals surface area contributed by atoms with Crippen LogP contribution in [0.3, 0.4) is 0 Å². The molecule has 0 aliphatic rings. The molecule has 90 valence electrons. The van der Waals surface area contributed by atoms with Gasteiger partial charge < -0.3 is 10.3 Å². The Balaban J connectivity index is 2.49. The van der Waals surface area contributed by atoms with Crippen molar-refractivity contribution in [3.05, 3.63) is 35.4 Å². The molecule has 2 aromatic rings. The number of rotatable bonds is 2. The zero-order valence-electron chi connectivity index (χ0n) is 8.75. The van der Waals surface area contributed by atoms with Crippen molar-refractivity contribution in [1.82, 2.24) is 10.1 Å². The number of benzene rings is 1. The van der Waals surface area contributed by atoms with E-state index in [1.165, 1.54) is 0 Å². The Labute approximate surface area is 94.2 Å². The van der Waals surface area contributed by atoms with E-state index in [-0.39, 0.29) is 17.3 Å². The lowest BCUT2D eigenvalue weighted by Gasteiger charge is -1.99. The van der Waals surface area contributed by atoms with Gasteiger partial charge in [-0.05, 0) is 19.1 Å². The van der Waals surface area contributed by atoms with Gasteiger partial charge in [0, 0.05) is 0 Å². The van der Waals surface area contributed by atoms with E-state index in [4.69, 9.17) is 10.3 Å². The third-order valence-corrected chi connectivity index (χ3v) is 2.11. The maximum absolute atomic E-state index is 13.4. The summed E-state index contributed by atoms with van der Waals surface area (Å²) in [5.74, 6) is -4.32. The molecule has 7 heteroatoms. The van der Waals surface area contributed by atoms with E-state index in [0.29, 0.717) is 0 Å². The van der Waals surface area contributed by atoms with Crippen molar-refractivity contribution in [2.24, 2.45) is 5.73 Å². The van der Waals surface area contributed by atoms with Crippen LogP contribution in [0.5, 0.6) is 0 Å². The van der Waals surface area contributed by atoms with Crippen LogP contribution in [-0.4, -0.2) is 10.1 Å². The number of nitrogens with zero attached hydrogens (tertiary/aromatic N) is 2. The van der Waals surface area contributed by atoms with Crippen molar-refractivity contribution in [2.75, 3.05) is 0 Å². The summed E-state index contributed by atoms with van der Waals surface area (Å²) in [7, 11) is 0. The van der Waals surface area contributed by atoms with Gasteiger partial charge in [0.25, 0.3) is 5.89 Å². The third kappa shape index (κ3) is 2.01. The van der Waals surface area contributed by atoms with Gasteiger partial charge in [-0.2, -0.15) is 4.98 Å². The molecular weight excluding hydrogens is 235 g/mol. The molecule has 4 nitrogen and oxygen atoms in total. The molecule has 1 atom stereocenters. The van der Waals surface area contributed by atoms with Crippen LogP contribution in [-0.2, 0) is 0 Å². The Morgan fingerprint density at radius 1 is 1.24 bits per heavy atom. The second kappa shape index (κ2) is 4.17. The van der Waals surface area contributed by atoms with E-state index in [1.54, 1.807) is 6.92 Å². The molecule has 1 aromatic heterocycles. The molecular formula is C10H8F3N3O. The van der Waals surface area contributed by atoms with Gasteiger partial charge in [-0.1, -0.05) is 5.16 Å². The van der Waals surface area contributed by atoms with E-state index >= 15 is 0 Å². The molecule has 0 aliphatic carbocycles. The Morgan fingerprint density at radius 3 is 2.53 bits per heavy atom. The fourth-order valence-electron chi connectivity index (χ4n) is 1.22. The molecule has 2 N–H and O–H groups in total.